The number of nitrogens with zero attached hydrogens (tertiary/aromatic N) is 2. The van der Waals surface area contributed by atoms with Crippen molar-refractivity contribution < 1.29 is 4.79 Å². The molecular weight excluding hydrogens is 268 g/mol. The Morgan fingerprint density at radius 2 is 2.44 bits per heavy atom. The second kappa shape index (κ2) is 4.26. The van der Waals surface area contributed by atoms with E-state index in [0.29, 0.717) is 18.8 Å². The smallest absolute Gasteiger partial charge is 0.229 e. The van der Waals surface area contributed by atoms with Crippen LogP contribution in [0.25, 0.3) is 0 Å². The molecule has 0 aliphatic carbocycles. The highest BCUT2D eigenvalue weighted by molar-refractivity contribution is 9.10. The maximum absolute atomic E-state index is 11.8. The third-order valence-electron chi connectivity index (χ3n) is 2.57. The fourth-order valence-electron chi connectivity index (χ4n) is 1.75. The van der Waals surface area contributed by atoms with Gasteiger partial charge in [0.25, 0.3) is 0 Å². The van der Waals surface area contributed by atoms with E-state index in [1.54, 1.807) is 11.1 Å². The van der Waals surface area contributed by atoms with E-state index in [1.807, 2.05) is 13.0 Å². The van der Waals surface area contributed by atoms with Crippen molar-refractivity contribution in [1.29, 1.82) is 0 Å². The Balaban J connectivity index is 2.32. The van der Waals surface area contributed by atoms with E-state index in [1.165, 1.54) is 0 Å². The number of carbonyl (C=O) groups excluding carboxylic acids is 1. The molecule has 1 aliphatic rings. The fraction of sp³-hybridized carbons (Fsp3) is 0.333. The standard InChI is InChI=1S/C12H11BrN2O/c1-3-9-5-11(16)15(7-9)12-10(13)4-8(2)6-14-12/h1,4,6,9H,5,7H2,2H3. The Kier molecular flexibility index (Phi) is 2.97. The molecular formula is C12H11BrN2O. The summed E-state index contributed by atoms with van der Waals surface area (Å²) in [4.78, 5) is 17.7. The zero-order chi connectivity index (χ0) is 11.7. The van der Waals surface area contributed by atoms with Crippen LogP contribution in [0.15, 0.2) is 16.7 Å². The van der Waals surface area contributed by atoms with Crippen molar-refractivity contribution in [2.24, 2.45) is 5.92 Å². The molecule has 0 spiro atoms. The summed E-state index contributed by atoms with van der Waals surface area (Å²) in [6, 6.07) is 1.94. The molecule has 3 nitrogen and oxygen atoms in total. The molecule has 0 aromatic carbocycles. The number of hydrogen-bond acceptors (Lipinski definition) is 2. The van der Waals surface area contributed by atoms with Gasteiger partial charge in [0, 0.05) is 25.1 Å². The van der Waals surface area contributed by atoms with Crippen LogP contribution in [0.2, 0.25) is 0 Å². The van der Waals surface area contributed by atoms with Gasteiger partial charge in [0.2, 0.25) is 5.91 Å². The molecule has 0 N–H and O–H groups in total. The summed E-state index contributed by atoms with van der Waals surface area (Å²) in [6.07, 6.45) is 7.50. The summed E-state index contributed by atoms with van der Waals surface area (Å²) in [5, 5.41) is 0. The largest absolute Gasteiger partial charge is 0.295 e. The molecule has 1 aliphatic heterocycles. The van der Waals surface area contributed by atoms with Crippen molar-refractivity contribution in [3.63, 3.8) is 0 Å². The van der Waals surface area contributed by atoms with Crippen molar-refractivity contribution in [3.8, 4) is 12.3 Å². The quantitative estimate of drug-likeness (QED) is 0.738. The monoisotopic (exact) mass is 278 g/mol. The number of hydrogen-bond donors (Lipinski definition) is 0. The molecule has 1 saturated heterocycles. The molecule has 1 aromatic rings. The van der Waals surface area contributed by atoms with Crippen LogP contribution in [0.1, 0.15) is 12.0 Å². The van der Waals surface area contributed by atoms with Crippen LogP contribution in [0.3, 0.4) is 0 Å². The fourth-order valence-corrected chi connectivity index (χ4v) is 2.43. The first-order chi connectivity index (χ1) is 7.61. The molecule has 1 atom stereocenters. The lowest BCUT2D eigenvalue weighted by Crippen LogP contribution is -2.25. The summed E-state index contributed by atoms with van der Waals surface area (Å²) in [5.74, 6) is 3.32. The van der Waals surface area contributed by atoms with E-state index < -0.39 is 0 Å². The molecule has 1 amide bonds. The van der Waals surface area contributed by atoms with Crippen LogP contribution in [0.5, 0.6) is 0 Å². The van der Waals surface area contributed by atoms with Gasteiger partial charge in [0.15, 0.2) is 0 Å². The van der Waals surface area contributed by atoms with E-state index in [9.17, 15) is 4.79 Å². The van der Waals surface area contributed by atoms with Gasteiger partial charge in [0.05, 0.1) is 4.47 Å². The van der Waals surface area contributed by atoms with E-state index in [2.05, 4.69) is 26.8 Å². The van der Waals surface area contributed by atoms with E-state index in [-0.39, 0.29) is 11.8 Å². The Morgan fingerprint density at radius 1 is 1.69 bits per heavy atom. The summed E-state index contributed by atoms with van der Waals surface area (Å²) < 4.78 is 0.832. The average molecular weight is 279 g/mol. The second-order valence-electron chi connectivity index (χ2n) is 3.89. The van der Waals surface area contributed by atoms with Crippen molar-refractivity contribution >= 4 is 27.7 Å². The van der Waals surface area contributed by atoms with Gasteiger partial charge < -0.3 is 0 Å². The number of aryl methyl sites for hydroxylation is 1. The molecule has 2 heterocycles. The van der Waals surface area contributed by atoms with Crippen molar-refractivity contribution in [2.75, 3.05) is 11.4 Å². The van der Waals surface area contributed by atoms with Crippen LogP contribution in [-0.4, -0.2) is 17.4 Å². The first-order valence-corrected chi connectivity index (χ1v) is 5.79. The Hall–Kier alpha value is -1.34. The lowest BCUT2D eigenvalue weighted by Gasteiger charge is -2.16. The SMILES string of the molecule is C#CC1CC(=O)N(c2ncc(C)cc2Br)C1. The number of aromatic nitrogens is 1. The number of carbonyl (C=O) groups is 1. The highest BCUT2D eigenvalue weighted by Crippen LogP contribution is 2.29. The molecule has 1 unspecified atom stereocenters. The maximum Gasteiger partial charge on any atom is 0.229 e. The molecule has 0 bridgehead atoms. The Morgan fingerprint density at radius 3 is 3.00 bits per heavy atom. The van der Waals surface area contributed by atoms with Gasteiger partial charge in [0.1, 0.15) is 5.82 Å². The molecule has 2 rings (SSSR count). The first kappa shape index (κ1) is 11.2. The second-order valence-corrected chi connectivity index (χ2v) is 4.74. The van der Waals surface area contributed by atoms with Crippen molar-refractivity contribution in [2.45, 2.75) is 13.3 Å². The third-order valence-corrected chi connectivity index (χ3v) is 3.16. The van der Waals surface area contributed by atoms with Gasteiger partial charge in [-0.1, -0.05) is 0 Å². The topological polar surface area (TPSA) is 33.2 Å². The molecule has 0 radical (unpaired) electrons. The van der Waals surface area contributed by atoms with Gasteiger partial charge in [-0.05, 0) is 34.5 Å². The minimum absolute atomic E-state index is 0.00232. The first-order valence-electron chi connectivity index (χ1n) is 5.00. The highest BCUT2D eigenvalue weighted by atomic mass is 79.9. The van der Waals surface area contributed by atoms with Crippen LogP contribution >= 0.6 is 15.9 Å². The van der Waals surface area contributed by atoms with E-state index in [0.717, 1.165) is 10.0 Å². The molecule has 82 valence electrons. The summed E-state index contributed by atoms with van der Waals surface area (Å²) in [5.41, 5.74) is 1.05. The van der Waals surface area contributed by atoms with E-state index in [4.69, 9.17) is 6.42 Å². The van der Waals surface area contributed by atoms with Crippen LogP contribution < -0.4 is 4.90 Å². The zero-order valence-electron chi connectivity index (χ0n) is 8.90. The molecule has 4 heteroatoms. The minimum atomic E-state index is 0.00232. The number of anilines is 1. The third kappa shape index (κ3) is 1.96. The number of halogens is 1. The summed E-state index contributed by atoms with van der Waals surface area (Å²) in [6.45, 7) is 2.52. The summed E-state index contributed by atoms with van der Waals surface area (Å²) >= 11 is 3.42. The van der Waals surface area contributed by atoms with Crippen LogP contribution in [-0.2, 0) is 4.79 Å². The average Bonchev–Trinajstić information content (AvgIpc) is 2.60. The number of rotatable bonds is 1. The predicted molar refractivity (Wildman–Crippen MR) is 66.0 cm³/mol. The van der Waals surface area contributed by atoms with Crippen molar-refractivity contribution in [1.82, 2.24) is 4.98 Å². The highest BCUT2D eigenvalue weighted by Gasteiger charge is 2.31. The normalized spacial score (nSPS) is 19.9. The van der Waals surface area contributed by atoms with Crippen molar-refractivity contribution in [3.05, 3.63) is 22.3 Å². The van der Waals surface area contributed by atoms with Crippen LogP contribution in [0, 0.1) is 25.2 Å². The van der Waals surface area contributed by atoms with Gasteiger partial charge in [-0.25, -0.2) is 4.98 Å². The Bertz CT molecular complexity index is 478. The molecule has 1 fully saturated rings. The lowest BCUT2D eigenvalue weighted by molar-refractivity contribution is -0.117. The van der Waals surface area contributed by atoms with Gasteiger partial charge in [-0.2, -0.15) is 0 Å². The molecule has 0 saturated carbocycles. The van der Waals surface area contributed by atoms with Gasteiger partial charge in [-0.3, -0.25) is 9.69 Å². The van der Waals surface area contributed by atoms with E-state index >= 15 is 0 Å². The number of terminal acetylenes is 1. The number of amides is 1. The minimum Gasteiger partial charge on any atom is -0.295 e. The van der Waals surface area contributed by atoms with Gasteiger partial charge >= 0.3 is 0 Å². The van der Waals surface area contributed by atoms with Crippen LogP contribution in [0.4, 0.5) is 5.82 Å². The number of pyridine rings is 1. The summed E-state index contributed by atoms with van der Waals surface area (Å²) in [7, 11) is 0. The van der Waals surface area contributed by atoms with Gasteiger partial charge in [-0.15, -0.1) is 12.3 Å². The molecule has 16 heavy (non-hydrogen) atoms. The lowest BCUT2D eigenvalue weighted by atomic mass is 10.1. The zero-order valence-corrected chi connectivity index (χ0v) is 10.5. The molecule has 1 aromatic heterocycles. The Labute approximate surface area is 103 Å². The maximum atomic E-state index is 11.8. The predicted octanol–water partition coefficient (Wildman–Crippen LogP) is 2.14.